The SMILES string of the molecule is O=CON(C(=O)O)c1cccc(Nc2ccccc2)c1. The Kier molecular flexibility index (Phi) is 4.18. The Bertz CT molecular complexity index is 601. The molecule has 2 rings (SSSR count). The summed E-state index contributed by atoms with van der Waals surface area (Å²) >= 11 is 0. The lowest BCUT2D eigenvalue weighted by Gasteiger charge is -2.16. The molecule has 0 aromatic heterocycles. The van der Waals surface area contributed by atoms with E-state index in [1.54, 1.807) is 18.2 Å². The number of rotatable bonds is 5. The third kappa shape index (κ3) is 3.26. The van der Waals surface area contributed by atoms with Gasteiger partial charge in [0.2, 0.25) is 0 Å². The van der Waals surface area contributed by atoms with Gasteiger partial charge in [0, 0.05) is 11.4 Å². The minimum Gasteiger partial charge on any atom is -0.463 e. The van der Waals surface area contributed by atoms with Crippen molar-refractivity contribution < 1.29 is 19.5 Å². The first kappa shape index (κ1) is 13.4. The van der Waals surface area contributed by atoms with Crippen LogP contribution in [0, 0.1) is 0 Å². The van der Waals surface area contributed by atoms with E-state index in [2.05, 4.69) is 10.2 Å². The largest absolute Gasteiger partial charge is 0.463 e. The lowest BCUT2D eigenvalue weighted by molar-refractivity contribution is -0.129. The Labute approximate surface area is 115 Å². The summed E-state index contributed by atoms with van der Waals surface area (Å²) in [6.45, 7) is 0.0609. The first-order valence-corrected chi connectivity index (χ1v) is 5.76. The van der Waals surface area contributed by atoms with Crippen molar-refractivity contribution in [1.29, 1.82) is 0 Å². The molecule has 0 spiro atoms. The van der Waals surface area contributed by atoms with Gasteiger partial charge < -0.3 is 15.3 Å². The number of para-hydroxylation sites is 1. The molecule has 0 bridgehead atoms. The quantitative estimate of drug-likeness (QED) is 0.646. The average molecular weight is 272 g/mol. The molecule has 2 aromatic rings. The topological polar surface area (TPSA) is 78.9 Å². The fourth-order valence-electron chi connectivity index (χ4n) is 1.66. The Morgan fingerprint density at radius 2 is 1.80 bits per heavy atom. The van der Waals surface area contributed by atoms with Gasteiger partial charge in [0.15, 0.2) is 0 Å². The number of hydroxylamine groups is 1. The maximum absolute atomic E-state index is 11.0. The summed E-state index contributed by atoms with van der Waals surface area (Å²) in [5.41, 5.74) is 1.77. The van der Waals surface area contributed by atoms with Crippen LogP contribution in [-0.2, 0) is 9.63 Å². The molecule has 1 amide bonds. The molecular formula is C14H12N2O4. The van der Waals surface area contributed by atoms with Crippen LogP contribution in [0.1, 0.15) is 0 Å². The third-order valence-electron chi connectivity index (χ3n) is 2.47. The summed E-state index contributed by atoms with van der Waals surface area (Å²) in [4.78, 5) is 25.7. The second kappa shape index (κ2) is 6.24. The van der Waals surface area contributed by atoms with Gasteiger partial charge in [-0.3, -0.25) is 4.79 Å². The Hall–Kier alpha value is -3.02. The van der Waals surface area contributed by atoms with Crippen molar-refractivity contribution in [2.45, 2.75) is 0 Å². The van der Waals surface area contributed by atoms with E-state index in [9.17, 15) is 9.59 Å². The highest BCUT2D eigenvalue weighted by Crippen LogP contribution is 2.22. The van der Waals surface area contributed by atoms with Crippen LogP contribution >= 0.6 is 0 Å². The number of hydrogen-bond donors (Lipinski definition) is 2. The second-order valence-electron chi connectivity index (χ2n) is 3.82. The van der Waals surface area contributed by atoms with E-state index >= 15 is 0 Å². The van der Waals surface area contributed by atoms with Crippen LogP contribution < -0.4 is 10.4 Å². The van der Waals surface area contributed by atoms with Gasteiger partial charge in [-0.25, -0.2) is 4.79 Å². The zero-order valence-electron chi connectivity index (χ0n) is 10.4. The first-order valence-electron chi connectivity index (χ1n) is 5.76. The molecule has 0 saturated carbocycles. The molecule has 6 nitrogen and oxygen atoms in total. The fraction of sp³-hybridized carbons (Fsp3) is 0. The highest BCUT2D eigenvalue weighted by atomic mass is 16.7. The maximum Gasteiger partial charge on any atom is 0.445 e. The monoisotopic (exact) mass is 272 g/mol. The van der Waals surface area contributed by atoms with Gasteiger partial charge in [-0.15, -0.1) is 5.06 Å². The predicted molar refractivity (Wildman–Crippen MR) is 73.8 cm³/mol. The number of anilines is 3. The van der Waals surface area contributed by atoms with E-state index in [0.29, 0.717) is 10.8 Å². The van der Waals surface area contributed by atoms with E-state index in [0.717, 1.165) is 5.69 Å². The zero-order chi connectivity index (χ0) is 14.4. The maximum atomic E-state index is 11.0. The minimum atomic E-state index is -1.38. The first-order chi connectivity index (χ1) is 9.70. The third-order valence-corrected chi connectivity index (χ3v) is 2.47. The lowest BCUT2D eigenvalue weighted by Crippen LogP contribution is -2.28. The number of hydrogen-bond acceptors (Lipinski definition) is 4. The molecule has 2 aromatic carbocycles. The molecule has 102 valence electrons. The van der Waals surface area contributed by atoms with E-state index in [-0.39, 0.29) is 12.2 Å². The van der Waals surface area contributed by atoms with E-state index in [1.807, 2.05) is 30.3 Å². The second-order valence-corrected chi connectivity index (χ2v) is 3.82. The van der Waals surface area contributed by atoms with Crippen LogP contribution in [0.3, 0.4) is 0 Å². The highest BCUT2D eigenvalue weighted by molar-refractivity contribution is 5.85. The Morgan fingerprint density at radius 1 is 1.10 bits per heavy atom. The van der Waals surface area contributed by atoms with Gasteiger partial charge >= 0.3 is 12.6 Å². The molecule has 0 aliphatic heterocycles. The zero-order valence-corrected chi connectivity index (χ0v) is 10.4. The van der Waals surface area contributed by atoms with Crippen LogP contribution in [0.15, 0.2) is 54.6 Å². The number of amides is 1. The van der Waals surface area contributed by atoms with Crippen molar-refractivity contribution in [3.05, 3.63) is 54.6 Å². The van der Waals surface area contributed by atoms with Gasteiger partial charge in [-0.05, 0) is 30.3 Å². The van der Waals surface area contributed by atoms with E-state index in [4.69, 9.17) is 5.11 Å². The van der Waals surface area contributed by atoms with Crippen LogP contribution in [0.2, 0.25) is 0 Å². The molecule has 0 aliphatic carbocycles. The highest BCUT2D eigenvalue weighted by Gasteiger charge is 2.16. The van der Waals surface area contributed by atoms with Crippen LogP contribution in [-0.4, -0.2) is 17.7 Å². The van der Waals surface area contributed by atoms with Gasteiger partial charge in [-0.1, -0.05) is 24.3 Å². The van der Waals surface area contributed by atoms with Crippen molar-refractivity contribution in [2.75, 3.05) is 10.4 Å². The summed E-state index contributed by atoms with van der Waals surface area (Å²) in [5, 5.41) is 12.6. The van der Waals surface area contributed by atoms with Crippen LogP contribution in [0.5, 0.6) is 0 Å². The molecular weight excluding hydrogens is 260 g/mol. The van der Waals surface area contributed by atoms with E-state index in [1.165, 1.54) is 6.07 Å². The Morgan fingerprint density at radius 3 is 2.45 bits per heavy atom. The predicted octanol–water partition coefficient (Wildman–Crippen LogP) is 3.00. The molecule has 0 heterocycles. The lowest BCUT2D eigenvalue weighted by atomic mass is 10.2. The number of nitrogens with one attached hydrogen (secondary N) is 1. The molecule has 0 radical (unpaired) electrons. The van der Waals surface area contributed by atoms with Crippen molar-refractivity contribution in [1.82, 2.24) is 0 Å². The van der Waals surface area contributed by atoms with Gasteiger partial charge in [0.25, 0.3) is 0 Å². The van der Waals surface area contributed by atoms with Gasteiger partial charge in [0.05, 0.1) is 5.69 Å². The summed E-state index contributed by atoms with van der Waals surface area (Å²) < 4.78 is 0. The summed E-state index contributed by atoms with van der Waals surface area (Å²) in [7, 11) is 0. The molecule has 2 N–H and O–H groups in total. The van der Waals surface area contributed by atoms with Crippen molar-refractivity contribution in [3.63, 3.8) is 0 Å². The van der Waals surface area contributed by atoms with Crippen molar-refractivity contribution in [2.24, 2.45) is 0 Å². The van der Waals surface area contributed by atoms with Crippen molar-refractivity contribution in [3.8, 4) is 0 Å². The molecule has 20 heavy (non-hydrogen) atoms. The minimum absolute atomic E-state index is 0.0609. The number of benzene rings is 2. The summed E-state index contributed by atoms with van der Waals surface area (Å²) in [5.74, 6) is 0. The number of carbonyl (C=O) groups is 2. The molecule has 0 unspecified atom stereocenters. The molecule has 0 atom stereocenters. The number of carbonyl (C=O) groups excluding carboxylic acids is 1. The van der Waals surface area contributed by atoms with Crippen LogP contribution in [0.25, 0.3) is 0 Å². The van der Waals surface area contributed by atoms with Gasteiger partial charge in [0.1, 0.15) is 0 Å². The molecule has 0 saturated heterocycles. The smallest absolute Gasteiger partial charge is 0.445 e. The summed E-state index contributed by atoms with van der Waals surface area (Å²) in [6.07, 6.45) is -1.38. The normalized spacial score (nSPS) is 9.60. The molecule has 6 heteroatoms. The summed E-state index contributed by atoms with van der Waals surface area (Å²) in [6, 6.07) is 15.9. The average Bonchev–Trinajstić information content (AvgIpc) is 2.46. The van der Waals surface area contributed by atoms with E-state index < -0.39 is 6.09 Å². The Balaban J connectivity index is 2.23. The number of carboxylic acid groups (broad SMARTS) is 1. The fourth-order valence-corrected chi connectivity index (χ4v) is 1.66. The van der Waals surface area contributed by atoms with Gasteiger partial charge in [-0.2, -0.15) is 0 Å². The standard InChI is InChI=1S/C14H12N2O4/c17-10-20-16(14(18)19)13-8-4-7-12(9-13)15-11-5-2-1-3-6-11/h1-10,15H,(H,18,19). The molecule has 0 fully saturated rings. The van der Waals surface area contributed by atoms with Crippen LogP contribution in [0.4, 0.5) is 21.9 Å². The number of nitrogens with zero attached hydrogens (tertiary/aromatic N) is 1. The molecule has 0 aliphatic rings. The van der Waals surface area contributed by atoms with Crippen molar-refractivity contribution >= 4 is 29.6 Å².